The summed E-state index contributed by atoms with van der Waals surface area (Å²) in [5, 5.41) is 3.57. The van der Waals surface area contributed by atoms with Gasteiger partial charge in [-0.2, -0.15) is 26.3 Å². The molecule has 0 saturated carbocycles. The molecule has 1 saturated heterocycles. The van der Waals surface area contributed by atoms with Crippen LogP contribution in [0.1, 0.15) is 37.2 Å². The Morgan fingerprint density at radius 1 is 0.905 bits per heavy atom. The molecule has 2 aromatic carbocycles. The van der Waals surface area contributed by atoms with Crippen molar-refractivity contribution in [1.29, 1.82) is 0 Å². The number of rotatable bonds is 7. The van der Waals surface area contributed by atoms with Gasteiger partial charge in [0.15, 0.2) is 0 Å². The zero-order chi connectivity index (χ0) is 30.1. The number of aromatic nitrogens is 3. The number of alkyl halides is 6. The molecule has 42 heavy (non-hydrogen) atoms. The maximum absolute atomic E-state index is 13.7. The first-order valence-corrected chi connectivity index (χ1v) is 13.5. The van der Waals surface area contributed by atoms with Crippen LogP contribution < -0.4 is 5.32 Å². The third-order valence-corrected chi connectivity index (χ3v) is 6.97. The van der Waals surface area contributed by atoms with Crippen molar-refractivity contribution in [3.05, 3.63) is 77.7 Å². The summed E-state index contributed by atoms with van der Waals surface area (Å²) in [6.07, 6.45) is -6.32. The second-order valence-electron chi connectivity index (χ2n) is 10.4. The Labute approximate surface area is 238 Å². The highest BCUT2D eigenvalue weighted by Gasteiger charge is 2.34. The number of benzene rings is 2. The van der Waals surface area contributed by atoms with Crippen molar-refractivity contribution >= 4 is 22.4 Å². The summed E-state index contributed by atoms with van der Waals surface area (Å²) in [6, 6.07) is 11.4. The fourth-order valence-corrected chi connectivity index (χ4v) is 5.20. The SMILES string of the molecule is CC1CN(CCCc2nc(Nc3ccc(C(F)(F)F)cc3)c3ccc(-c4ncccc4C(F)(F)F)cc3n2)CC(C)O1. The minimum Gasteiger partial charge on any atom is -0.373 e. The maximum Gasteiger partial charge on any atom is 0.418 e. The van der Waals surface area contributed by atoms with Gasteiger partial charge in [-0.1, -0.05) is 6.07 Å². The molecule has 0 aliphatic carbocycles. The summed E-state index contributed by atoms with van der Waals surface area (Å²) in [4.78, 5) is 15.6. The van der Waals surface area contributed by atoms with Crippen molar-refractivity contribution in [2.24, 2.45) is 0 Å². The molecule has 4 aromatic rings. The lowest BCUT2D eigenvalue weighted by Gasteiger charge is -2.35. The Morgan fingerprint density at radius 3 is 2.29 bits per heavy atom. The molecule has 0 amide bonds. The van der Waals surface area contributed by atoms with Gasteiger partial charge in [-0.25, -0.2) is 9.97 Å². The largest absolute Gasteiger partial charge is 0.418 e. The van der Waals surface area contributed by atoms with Crippen molar-refractivity contribution in [3.8, 4) is 11.3 Å². The van der Waals surface area contributed by atoms with Crippen LogP contribution in [0.5, 0.6) is 0 Å². The van der Waals surface area contributed by atoms with E-state index in [2.05, 4.69) is 25.2 Å². The number of fused-ring (bicyclic) bond motifs is 1. The van der Waals surface area contributed by atoms with Crippen molar-refractivity contribution in [3.63, 3.8) is 0 Å². The van der Waals surface area contributed by atoms with E-state index in [-0.39, 0.29) is 23.5 Å². The molecule has 2 unspecified atom stereocenters. The molecule has 2 atom stereocenters. The molecule has 222 valence electrons. The van der Waals surface area contributed by atoms with Crippen molar-refractivity contribution < 1.29 is 31.1 Å². The van der Waals surface area contributed by atoms with E-state index in [9.17, 15) is 26.3 Å². The summed E-state index contributed by atoms with van der Waals surface area (Å²) in [5.41, 5.74) is -0.876. The Bertz CT molecular complexity index is 1530. The van der Waals surface area contributed by atoms with Gasteiger partial charge in [-0.05, 0) is 75.3 Å². The van der Waals surface area contributed by atoms with Crippen LogP contribution in [-0.4, -0.2) is 51.7 Å². The fraction of sp³-hybridized carbons (Fsp3) is 0.367. The molecule has 0 radical (unpaired) electrons. The second-order valence-corrected chi connectivity index (χ2v) is 10.4. The Hall–Kier alpha value is -3.77. The van der Waals surface area contributed by atoms with E-state index in [4.69, 9.17) is 4.74 Å². The van der Waals surface area contributed by atoms with Gasteiger partial charge >= 0.3 is 12.4 Å². The molecule has 0 bridgehead atoms. The molecular formula is C30H29F6N5O. The number of anilines is 2. The lowest BCUT2D eigenvalue weighted by Crippen LogP contribution is -2.45. The zero-order valence-electron chi connectivity index (χ0n) is 22.9. The van der Waals surface area contributed by atoms with Crippen molar-refractivity contribution in [2.75, 3.05) is 25.0 Å². The molecule has 1 aliphatic rings. The number of nitrogens with one attached hydrogen (secondary N) is 1. The summed E-state index contributed by atoms with van der Waals surface area (Å²) >= 11 is 0. The molecule has 12 heteroatoms. The summed E-state index contributed by atoms with van der Waals surface area (Å²) in [7, 11) is 0. The average molecular weight is 590 g/mol. The van der Waals surface area contributed by atoms with E-state index in [1.54, 1.807) is 6.07 Å². The van der Waals surface area contributed by atoms with Crippen molar-refractivity contribution in [2.45, 2.75) is 51.2 Å². The quantitative estimate of drug-likeness (QED) is 0.225. The Morgan fingerprint density at radius 2 is 1.62 bits per heavy atom. The first kappa shape index (κ1) is 29.7. The van der Waals surface area contributed by atoms with Crippen LogP contribution in [0.2, 0.25) is 0 Å². The minimum absolute atomic E-state index is 0.122. The van der Waals surface area contributed by atoms with Gasteiger partial charge in [0.1, 0.15) is 11.6 Å². The highest BCUT2D eigenvalue weighted by molar-refractivity contribution is 5.93. The summed E-state index contributed by atoms with van der Waals surface area (Å²) in [6.45, 7) is 6.44. The molecule has 1 fully saturated rings. The summed E-state index contributed by atoms with van der Waals surface area (Å²) < 4.78 is 86.1. The lowest BCUT2D eigenvalue weighted by molar-refractivity contribution is -0.138. The van der Waals surface area contributed by atoms with E-state index in [0.717, 1.165) is 44.3 Å². The number of hydrogen-bond donors (Lipinski definition) is 1. The standard InChI is InChI=1S/C30H29F6N5O/c1-18-16-41(17-19(2)42-18)14-4-6-26-39-25-15-20(27-24(30(34,35)36)5-3-13-37-27)7-12-23(25)28(40-26)38-22-10-8-21(9-11-22)29(31,32)33/h3,5,7-13,15,18-19H,4,6,14,16-17H2,1-2H3,(H,38,39,40). The molecular weight excluding hydrogens is 560 g/mol. The van der Waals surface area contributed by atoms with Crippen LogP contribution in [0.15, 0.2) is 60.8 Å². The number of pyridine rings is 1. The van der Waals surface area contributed by atoms with E-state index in [1.165, 1.54) is 36.5 Å². The highest BCUT2D eigenvalue weighted by Crippen LogP contribution is 2.37. The summed E-state index contributed by atoms with van der Waals surface area (Å²) in [5.74, 6) is 0.799. The molecule has 2 aromatic heterocycles. The minimum atomic E-state index is -4.60. The number of nitrogens with zero attached hydrogens (tertiary/aromatic N) is 4. The van der Waals surface area contributed by atoms with E-state index < -0.39 is 23.5 Å². The second kappa shape index (κ2) is 11.8. The highest BCUT2D eigenvalue weighted by atomic mass is 19.4. The number of ether oxygens (including phenoxy) is 1. The molecule has 3 heterocycles. The fourth-order valence-electron chi connectivity index (χ4n) is 5.20. The van der Waals surface area contributed by atoms with Gasteiger partial charge in [-0.15, -0.1) is 0 Å². The Kier molecular flexibility index (Phi) is 8.38. The smallest absolute Gasteiger partial charge is 0.373 e. The average Bonchev–Trinajstić information content (AvgIpc) is 2.91. The number of halogens is 6. The predicted octanol–water partition coefficient (Wildman–Crippen LogP) is 7.51. The number of hydrogen-bond acceptors (Lipinski definition) is 6. The van der Waals surface area contributed by atoms with E-state index in [0.29, 0.717) is 34.7 Å². The van der Waals surface area contributed by atoms with Crippen LogP contribution >= 0.6 is 0 Å². The first-order valence-electron chi connectivity index (χ1n) is 13.5. The van der Waals surface area contributed by atoms with Crippen LogP contribution in [0.3, 0.4) is 0 Å². The van der Waals surface area contributed by atoms with Crippen LogP contribution in [-0.2, 0) is 23.5 Å². The third kappa shape index (κ3) is 6.99. The Balaban J connectivity index is 1.48. The predicted molar refractivity (Wildman–Crippen MR) is 147 cm³/mol. The molecule has 5 rings (SSSR count). The van der Waals surface area contributed by atoms with Gasteiger partial charge in [0.2, 0.25) is 0 Å². The maximum atomic E-state index is 13.7. The topological polar surface area (TPSA) is 63.2 Å². The third-order valence-electron chi connectivity index (χ3n) is 6.97. The first-order chi connectivity index (χ1) is 19.9. The molecule has 1 aliphatic heterocycles. The molecule has 0 spiro atoms. The van der Waals surface area contributed by atoms with Gasteiger partial charge < -0.3 is 10.1 Å². The van der Waals surface area contributed by atoms with E-state index in [1.807, 2.05) is 13.8 Å². The zero-order valence-corrected chi connectivity index (χ0v) is 22.9. The number of morpholine rings is 1. The van der Waals surface area contributed by atoms with Gasteiger partial charge in [-0.3, -0.25) is 9.88 Å². The molecule has 1 N–H and O–H groups in total. The van der Waals surface area contributed by atoms with Gasteiger partial charge in [0, 0.05) is 42.3 Å². The van der Waals surface area contributed by atoms with Crippen LogP contribution in [0.25, 0.3) is 22.2 Å². The lowest BCUT2D eigenvalue weighted by atomic mass is 10.0. The van der Waals surface area contributed by atoms with Gasteiger partial charge in [0.05, 0.1) is 34.5 Å². The van der Waals surface area contributed by atoms with Crippen LogP contribution in [0, 0.1) is 0 Å². The normalized spacial score (nSPS) is 18.4. The van der Waals surface area contributed by atoms with Gasteiger partial charge in [0.25, 0.3) is 0 Å². The number of aryl methyl sites for hydroxylation is 1. The van der Waals surface area contributed by atoms with E-state index >= 15 is 0 Å². The monoisotopic (exact) mass is 589 g/mol. The van der Waals surface area contributed by atoms with Crippen LogP contribution in [0.4, 0.5) is 37.8 Å². The van der Waals surface area contributed by atoms with Crippen molar-refractivity contribution in [1.82, 2.24) is 19.9 Å². The molecule has 6 nitrogen and oxygen atoms in total.